The molecule has 1 aromatic heterocycles. The van der Waals surface area contributed by atoms with Crippen molar-refractivity contribution in [3.63, 3.8) is 0 Å². The number of aryl methyl sites for hydroxylation is 1. The fourth-order valence-electron chi connectivity index (χ4n) is 3.97. The van der Waals surface area contributed by atoms with Crippen LogP contribution in [-0.4, -0.2) is 38.1 Å². The number of ether oxygens (including phenoxy) is 3. The second-order valence-electron chi connectivity index (χ2n) is 7.41. The van der Waals surface area contributed by atoms with E-state index in [-0.39, 0.29) is 11.3 Å². The summed E-state index contributed by atoms with van der Waals surface area (Å²) >= 11 is 0. The summed E-state index contributed by atoms with van der Waals surface area (Å²) in [5.74, 6) is -0.0892. The quantitative estimate of drug-likeness (QED) is 0.341. The molecule has 4 rings (SSSR count). The van der Waals surface area contributed by atoms with Crippen molar-refractivity contribution in [1.29, 1.82) is 0 Å². The largest absolute Gasteiger partial charge is 0.507 e. The van der Waals surface area contributed by atoms with Crippen molar-refractivity contribution in [1.82, 2.24) is 0 Å². The number of ketones is 1. The van der Waals surface area contributed by atoms with Crippen LogP contribution in [0.5, 0.6) is 17.2 Å². The minimum atomic E-state index is -0.972. The van der Waals surface area contributed by atoms with Gasteiger partial charge in [0.05, 0.1) is 33.2 Å². The van der Waals surface area contributed by atoms with Crippen LogP contribution in [0.25, 0.3) is 5.76 Å². The first-order valence-corrected chi connectivity index (χ1v) is 10.1. The zero-order valence-corrected chi connectivity index (χ0v) is 18.6. The average molecular weight is 449 g/mol. The minimum absolute atomic E-state index is 0.0747. The average Bonchev–Trinajstić information content (AvgIpc) is 3.45. The number of Topliss-reactive ketones (excluding diaryl/α,β-unsaturated/α-hetero) is 1. The van der Waals surface area contributed by atoms with Gasteiger partial charge in [0.1, 0.15) is 23.3 Å². The number of furan rings is 1. The molecule has 1 atom stereocenters. The first-order chi connectivity index (χ1) is 15.9. The van der Waals surface area contributed by atoms with Gasteiger partial charge < -0.3 is 23.7 Å². The Morgan fingerprint density at radius 3 is 2.24 bits per heavy atom. The number of aliphatic hydroxyl groups excluding tert-OH is 1. The number of aliphatic hydroxyl groups is 1. The van der Waals surface area contributed by atoms with Gasteiger partial charge in [0.15, 0.2) is 11.5 Å². The van der Waals surface area contributed by atoms with Crippen molar-refractivity contribution in [2.24, 2.45) is 0 Å². The predicted molar refractivity (Wildman–Crippen MR) is 121 cm³/mol. The van der Waals surface area contributed by atoms with Crippen molar-refractivity contribution >= 4 is 23.1 Å². The number of hydrogen-bond donors (Lipinski definition) is 1. The summed E-state index contributed by atoms with van der Waals surface area (Å²) in [6.07, 6.45) is 1.45. The van der Waals surface area contributed by atoms with Crippen molar-refractivity contribution in [2.75, 3.05) is 26.2 Å². The van der Waals surface area contributed by atoms with Gasteiger partial charge in [-0.2, -0.15) is 0 Å². The maximum Gasteiger partial charge on any atom is 0.300 e. The Hall–Kier alpha value is -4.20. The number of amides is 1. The second-order valence-corrected chi connectivity index (χ2v) is 7.41. The summed E-state index contributed by atoms with van der Waals surface area (Å²) in [6, 6.07) is 12.2. The molecule has 1 unspecified atom stereocenters. The molecule has 2 aromatic carbocycles. The molecule has 3 aromatic rings. The summed E-state index contributed by atoms with van der Waals surface area (Å²) in [5.41, 5.74) is 1.47. The van der Waals surface area contributed by atoms with E-state index in [1.54, 1.807) is 55.6 Å². The topological polar surface area (TPSA) is 98.4 Å². The molecule has 0 bridgehead atoms. The van der Waals surface area contributed by atoms with E-state index in [2.05, 4.69) is 0 Å². The number of benzene rings is 2. The van der Waals surface area contributed by atoms with Crippen molar-refractivity contribution in [2.45, 2.75) is 13.0 Å². The minimum Gasteiger partial charge on any atom is -0.507 e. The third kappa shape index (κ3) is 3.69. The lowest BCUT2D eigenvalue weighted by molar-refractivity contribution is -0.132. The van der Waals surface area contributed by atoms with Crippen LogP contribution in [0, 0.1) is 6.92 Å². The standard InChI is InChI=1S/C25H23NO7/c1-14-12-15(7-9-17(14)30-2)23(27)21-22(19-6-5-11-33-19)26(25(29)24(21)28)16-8-10-18(31-3)20(13-16)32-4/h5-13,22,27H,1-4H3/b23-21-. The Labute approximate surface area is 190 Å². The number of methoxy groups -OCH3 is 3. The van der Waals surface area contributed by atoms with Gasteiger partial charge >= 0.3 is 0 Å². The van der Waals surface area contributed by atoms with Crippen molar-refractivity contribution < 1.29 is 33.3 Å². The highest BCUT2D eigenvalue weighted by atomic mass is 16.5. The van der Waals surface area contributed by atoms with Crippen LogP contribution in [0.2, 0.25) is 0 Å². The second kappa shape index (κ2) is 8.74. The summed E-state index contributed by atoms with van der Waals surface area (Å²) in [5, 5.41) is 11.2. The molecular weight excluding hydrogens is 426 g/mol. The molecular formula is C25H23NO7. The van der Waals surface area contributed by atoms with Gasteiger partial charge in [0, 0.05) is 17.3 Å². The maximum atomic E-state index is 13.2. The maximum absolute atomic E-state index is 13.2. The molecule has 1 N–H and O–H groups in total. The molecule has 0 spiro atoms. The van der Waals surface area contributed by atoms with E-state index in [0.29, 0.717) is 34.3 Å². The van der Waals surface area contributed by atoms with Crippen molar-refractivity contribution in [3.8, 4) is 17.2 Å². The fourth-order valence-corrected chi connectivity index (χ4v) is 3.97. The highest BCUT2D eigenvalue weighted by Crippen LogP contribution is 2.44. The van der Waals surface area contributed by atoms with Crippen LogP contribution < -0.4 is 19.1 Å². The molecule has 33 heavy (non-hydrogen) atoms. The molecule has 1 fully saturated rings. The van der Waals surface area contributed by atoms with Gasteiger partial charge in [-0.25, -0.2) is 0 Å². The number of carbonyl (C=O) groups excluding carboxylic acids is 2. The third-order valence-corrected chi connectivity index (χ3v) is 5.57. The molecule has 0 aliphatic carbocycles. The van der Waals surface area contributed by atoms with Crippen LogP contribution in [0.3, 0.4) is 0 Å². The first kappa shape index (κ1) is 22.0. The highest BCUT2D eigenvalue weighted by Gasteiger charge is 2.48. The lowest BCUT2D eigenvalue weighted by atomic mass is 9.98. The van der Waals surface area contributed by atoms with E-state index in [1.807, 2.05) is 6.92 Å². The Bertz CT molecular complexity index is 1240. The van der Waals surface area contributed by atoms with Gasteiger partial charge in [0.2, 0.25) is 0 Å². The van der Waals surface area contributed by atoms with Crippen LogP contribution in [-0.2, 0) is 9.59 Å². The molecule has 8 heteroatoms. The Kier molecular flexibility index (Phi) is 5.83. The lowest BCUT2D eigenvalue weighted by Crippen LogP contribution is -2.29. The normalized spacial score (nSPS) is 17.3. The first-order valence-electron chi connectivity index (χ1n) is 10.1. The summed E-state index contributed by atoms with van der Waals surface area (Å²) < 4.78 is 21.5. The molecule has 1 amide bonds. The SMILES string of the molecule is COc1ccc(/C(O)=C2/C(=O)C(=O)N(c3ccc(OC)c(OC)c3)C2c2ccco2)cc1C. The van der Waals surface area contributed by atoms with Gasteiger partial charge in [-0.05, 0) is 55.0 Å². The molecule has 2 heterocycles. The van der Waals surface area contributed by atoms with Crippen LogP contribution >= 0.6 is 0 Å². The van der Waals surface area contributed by atoms with Crippen LogP contribution in [0.15, 0.2) is 64.8 Å². The third-order valence-electron chi connectivity index (χ3n) is 5.57. The van der Waals surface area contributed by atoms with E-state index in [9.17, 15) is 14.7 Å². The Morgan fingerprint density at radius 1 is 0.939 bits per heavy atom. The van der Waals surface area contributed by atoms with E-state index < -0.39 is 17.7 Å². The zero-order chi connectivity index (χ0) is 23.7. The fraction of sp³-hybridized carbons (Fsp3) is 0.200. The number of nitrogens with zero attached hydrogens (tertiary/aromatic N) is 1. The summed E-state index contributed by atoms with van der Waals surface area (Å²) in [6.45, 7) is 1.82. The molecule has 1 aliphatic rings. The number of carbonyl (C=O) groups is 2. The molecule has 0 saturated carbocycles. The smallest absolute Gasteiger partial charge is 0.300 e. The molecule has 170 valence electrons. The van der Waals surface area contributed by atoms with E-state index >= 15 is 0 Å². The summed E-state index contributed by atoms with van der Waals surface area (Å²) in [4.78, 5) is 27.6. The number of anilines is 1. The predicted octanol–water partition coefficient (Wildman–Crippen LogP) is 4.24. The molecule has 1 saturated heterocycles. The molecule has 1 aliphatic heterocycles. The Morgan fingerprint density at radius 2 is 1.64 bits per heavy atom. The lowest BCUT2D eigenvalue weighted by Gasteiger charge is -2.24. The van der Waals surface area contributed by atoms with Crippen molar-refractivity contribution in [3.05, 3.63) is 77.3 Å². The number of hydrogen-bond acceptors (Lipinski definition) is 7. The van der Waals surface area contributed by atoms with Gasteiger partial charge in [-0.3, -0.25) is 14.5 Å². The Balaban J connectivity index is 1.90. The van der Waals surface area contributed by atoms with E-state index in [0.717, 1.165) is 5.56 Å². The number of rotatable bonds is 6. The molecule has 8 nitrogen and oxygen atoms in total. The summed E-state index contributed by atoms with van der Waals surface area (Å²) in [7, 11) is 4.53. The highest BCUT2D eigenvalue weighted by molar-refractivity contribution is 6.51. The van der Waals surface area contributed by atoms with E-state index in [4.69, 9.17) is 18.6 Å². The molecule has 0 radical (unpaired) electrons. The van der Waals surface area contributed by atoms with Gasteiger partial charge in [0.25, 0.3) is 11.7 Å². The van der Waals surface area contributed by atoms with Gasteiger partial charge in [-0.1, -0.05) is 0 Å². The van der Waals surface area contributed by atoms with Crippen LogP contribution in [0.4, 0.5) is 5.69 Å². The van der Waals surface area contributed by atoms with Gasteiger partial charge in [-0.15, -0.1) is 0 Å². The van der Waals surface area contributed by atoms with E-state index in [1.165, 1.54) is 25.4 Å². The van der Waals surface area contributed by atoms with Crippen LogP contribution in [0.1, 0.15) is 22.9 Å². The monoisotopic (exact) mass is 449 g/mol. The zero-order valence-electron chi connectivity index (χ0n) is 18.6.